The fourth-order valence-corrected chi connectivity index (χ4v) is 2.40. The molecule has 2 amide bonds. The smallest absolute Gasteiger partial charge is 0.251 e. The van der Waals surface area contributed by atoms with E-state index in [1.54, 1.807) is 13.8 Å². The van der Waals surface area contributed by atoms with E-state index in [-0.39, 0.29) is 36.9 Å². The number of carbonyl (C=O) groups is 2. The first kappa shape index (κ1) is 21.1. The zero-order valence-electron chi connectivity index (χ0n) is 15.7. The highest BCUT2D eigenvalue weighted by Gasteiger charge is 2.29. The quantitative estimate of drug-likeness (QED) is 0.631. The molecule has 2 atom stereocenters. The molecule has 0 aliphatic rings. The summed E-state index contributed by atoms with van der Waals surface area (Å²) in [6.45, 7) is 8.99. The van der Waals surface area contributed by atoms with E-state index in [1.807, 2.05) is 51.1 Å². The van der Waals surface area contributed by atoms with Crippen LogP contribution in [0.25, 0.3) is 0 Å². The molecule has 0 aliphatic heterocycles. The SMILES string of the molecule is CC(C)OC(C)(C)C(=O)NCC(O)CNC(=O)C(C)c1ccccc1. The van der Waals surface area contributed by atoms with E-state index in [1.165, 1.54) is 0 Å². The van der Waals surface area contributed by atoms with Crippen LogP contribution in [-0.2, 0) is 14.3 Å². The summed E-state index contributed by atoms with van der Waals surface area (Å²) in [5.41, 5.74) is -0.0609. The van der Waals surface area contributed by atoms with E-state index in [0.29, 0.717) is 0 Å². The van der Waals surface area contributed by atoms with Crippen LogP contribution in [0, 0.1) is 0 Å². The lowest BCUT2D eigenvalue weighted by Crippen LogP contribution is -2.49. The van der Waals surface area contributed by atoms with Gasteiger partial charge in [-0.3, -0.25) is 9.59 Å². The molecule has 6 nitrogen and oxygen atoms in total. The van der Waals surface area contributed by atoms with E-state index < -0.39 is 11.7 Å². The molecule has 0 radical (unpaired) electrons. The molecule has 0 heterocycles. The molecular formula is C19H30N2O4. The zero-order valence-corrected chi connectivity index (χ0v) is 15.7. The fraction of sp³-hybridized carbons (Fsp3) is 0.579. The van der Waals surface area contributed by atoms with E-state index in [0.717, 1.165) is 5.56 Å². The third-order valence-electron chi connectivity index (χ3n) is 3.78. The first-order valence-corrected chi connectivity index (χ1v) is 8.60. The Morgan fingerprint density at radius 1 is 1.08 bits per heavy atom. The minimum absolute atomic E-state index is 0.0454. The number of ether oxygens (including phenoxy) is 1. The van der Waals surface area contributed by atoms with Crippen LogP contribution in [0.5, 0.6) is 0 Å². The van der Waals surface area contributed by atoms with Gasteiger partial charge in [0.25, 0.3) is 5.91 Å². The Labute approximate surface area is 150 Å². The summed E-state index contributed by atoms with van der Waals surface area (Å²) in [6.07, 6.45) is -0.949. The topological polar surface area (TPSA) is 87.7 Å². The van der Waals surface area contributed by atoms with Gasteiger partial charge >= 0.3 is 0 Å². The number of benzene rings is 1. The maximum Gasteiger partial charge on any atom is 0.251 e. The number of hydrogen-bond donors (Lipinski definition) is 3. The Morgan fingerprint density at radius 3 is 2.20 bits per heavy atom. The molecule has 0 aliphatic carbocycles. The number of aliphatic hydroxyl groups is 1. The highest BCUT2D eigenvalue weighted by Crippen LogP contribution is 2.14. The lowest BCUT2D eigenvalue weighted by molar-refractivity contribution is -0.148. The Kier molecular flexibility index (Phi) is 8.06. The van der Waals surface area contributed by atoms with Crippen molar-refractivity contribution in [2.24, 2.45) is 0 Å². The van der Waals surface area contributed by atoms with E-state index in [4.69, 9.17) is 4.74 Å². The molecule has 25 heavy (non-hydrogen) atoms. The molecule has 140 valence electrons. The minimum Gasteiger partial charge on any atom is -0.389 e. The largest absolute Gasteiger partial charge is 0.389 e. The Morgan fingerprint density at radius 2 is 1.64 bits per heavy atom. The van der Waals surface area contributed by atoms with Gasteiger partial charge in [-0.05, 0) is 40.2 Å². The highest BCUT2D eigenvalue weighted by molar-refractivity contribution is 5.84. The third-order valence-corrected chi connectivity index (χ3v) is 3.78. The van der Waals surface area contributed by atoms with Gasteiger partial charge in [0.2, 0.25) is 5.91 Å². The van der Waals surface area contributed by atoms with E-state index in [9.17, 15) is 14.7 Å². The molecule has 2 unspecified atom stereocenters. The number of hydrogen-bond acceptors (Lipinski definition) is 4. The normalized spacial score (nSPS) is 14.0. The predicted molar refractivity (Wildman–Crippen MR) is 97.2 cm³/mol. The summed E-state index contributed by atoms with van der Waals surface area (Å²) in [7, 11) is 0. The van der Waals surface area contributed by atoms with Crippen molar-refractivity contribution in [2.75, 3.05) is 13.1 Å². The van der Waals surface area contributed by atoms with Crippen molar-refractivity contribution >= 4 is 11.8 Å². The summed E-state index contributed by atoms with van der Waals surface area (Å²) in [5.74, 6) is -0.773. The van der Waals surface area contributed by atoms with Gasteiger partial charge in [-0.1, -0.05) is 30.3 Å². The first-order valence-electron chi connectivity index (χ1n) is 8.60. The number of rotatable bonds is 9. The second kappa shape index (κ2) is 9.53. The van der Waals surface area contributed by atoms with Crippen LogP contribution in [-0.4, -0.2) is 47.8 Å². The lowest BCUT2D eigenvalue weighted by Gasteiger charge is -2.27. The average Bonchev–Trinajstić information content (AvgIpc) is 2.56. The number of carbonyl (C=O) groups excluding carboxylic acids is 2. The zero-order chi connectivity index (χ0) is 19.0. The summed E-state index contributed by atoms with van der Waals surface area (Å²) in [4.78, 5) is 24.2. The first-order chi connectivity index (χ1) is 11.6. The molecule has 1 rings (SSSR count). The van der Waals surface area contributed by atoms with Gasteiger partial charge in [0.15, 0.2) is 0 Å². The van der Waals surface area contributed by atoms with Gasteiger partial charge in [-0.2, -0.15) is 0 Å². The Hall–Kier alpha value is -1.92. The van der Waals surface area contributed by atoms with Crippen LogP contribution >= 0.6 is 0 Å². The Balaban J connectivity index is 2.38. The molecule has 1 aromatic carbocycles. The van der Waals surface area contributed by atoms with Gasteiger partial charge in [0.1, 0.15) is 5.60 Å². The minimum atomic E-state index is -0.973. The van der Waals surface area contributed by atoms with Crippen molar-refractivity contribution in [2.45, 2.75) is 58.3 Å². The molecule has 6 heteroatoms. The molecular weight excluding hydrogens is 320 g/mol. The summed E-state index contributed by atoms with van der Waals surface area (Å²) < 4.78 is 5.55. The molecule has 0 bridgehead atoms. The molecule has 0 aromatic heterocycles. The van der Waals surface area contributed by atoms with Crippen molar-refractivity contribution in [1.82, 2.24) is 10.6 Å². The van der Waals surface area contributed by atoms with E-state index in [2.05, 4.69) is 10.6 Å². The molecule has 0 saturated heterocycles. The van der Waals surface area contributed by atoms with Crippen molar-refractivity contribution in [3.05, 3.63) is 35.9 Å². The number of aliphatic hydroxyl groups excluding tert-OH is 1. The Bertz CT molecular complexity index is 558. The second-order valence-corrected chi connectivity index (χ2v) is 6.92. The standard InChI is InChI=1S/C19H30N2O4/c1-13(2)25-19(4,5)18(24)21-12-16(22)11-20-17(23)14(3)15-9-7-6-8-10-15/h6-10,13-14,16,22H,11-12H2,1-5H3,(H,20,23)(H,21,24). The van der Waals surface area contributed by atoms with Gasteiger partial charge < -0.3 is 20.5 Å². The molecule has 1 aromatic rings. The fourth-order valence-electron chi connectivity index (χ4n) is 2.40. The van der Waals surface area contributed by atoms with Crippen molar-refractivity contribution < 1.29 is 19.4 Å². The van der Waals surface area contributed by atoms with Crippen LogP contribution in [0.2, 0.25) is 0 Å². The lowest BCUT2D eigenvalue weighted by atomic mass is 10.0. The van der Waals surface area contributed by atoms with Crippen LogP contribution in [0.3, 0.4) is 0 Å². The van der Waals surface area contributed by atoms with Crippen LogP contribution in [0.1, 0.15) is 46.1 Å². The summed E-state index contributed by atoms with van der Waals surface area (Å²) in [5, 5.41) is 15.3. The van der Waals surface area contributed by atoms with Gasteiger partial charge in [-0.15, -0.1) is 0 Å². The molecule has 0 fully saturated rings. The number of nitrogens with one attached hydrogen (secondary N) is 2. The van der Waals surface area contributed by atoms with E-state index >= 15 is 0 Å². The van der Waals surface area contributed by atoms with Gasteiger partial charge in [-0.25, -0.2) is 0 Å². The second-order valence-electron chi connectivity index (χ2n) is 6.92. The molecule has 0 spiro atoms. The maximum atomic E-state index is 12.1. The highest BCUT2D eigenvalue weighted by atomic mass is 16.5. The average molecular weight is 350 g/mol. The molecule has 0 saturated carbocycles. The van der Waals surface area contributed by atoms with Crippen molar-refractivity contribution in [3.63, 3.8) is 0 Å². The van der Waals surface area contributed by atoms with Gasteiger partial charge in [0.05, 0.1) is 18.1 Å². The monoisotopic (exact) mass is 350 g/mol. The predicted octanol–water partition coefficient (Wildman–Crippen LogP) is 1.59. The summed E-state index contributed by atoms with van der Waals surface area (Å²) >= 11 is 0. The van der Waals surface area contributed by atoms with Crippen LogP contribution in [0.4, 0.5) is 0 Å². The molecule has 3 N–H and O–H groups in total. The van der Waals surface area contributed by atoms with Crippen molar-refractivity contribution in [1.29, 1.82) is 0 Å². The van der Waals surface area contributed by atoms with Crippen LogP contribution < -0.4 is 10.6 Å². The summed E-state index contributed by atoms with van der Waals surface area (Å²) in [6, 6.07) is 9.43. The maximum absolute atomic E-state index is 12.1. The van der Waals surface area contributed by atoms with Crippen LogP contribution in [0.15, 0.2) is 30.3 Å². The third kappa shape index (κ3) is 7.23. The van der Waals surface area contributed by atoms with Crippen molar-refractivity contribution in [3.8, 4) is 0 Å². The van der Waals surface area contributed by atoms with Gasteiger partial charge in [0, 0.05) is 13.1 Å². The number of amides is 2.